The van der Waals surface area contributed by atoms with Crippen molar-refractivity contribution in [2.24, 2.45) is 0 Å². The van der Waals surface area contributed by atoms with E-state index < -0.39 is 0 Å². The average molecular weight is 458 g/mol. The number of nitrogens with one attached hydrogen (secondary N) is 1. The van der Waals surface area contributed by atoms with Crippen LogP contribution in [-0.4, -0.2) is 35.7 Å². The number of nitrogens with zero attached hydrogens (tertiary/aromatic N) is 2. The molecule has 7 nitrogen and oxygen atoms in total. The topological polar surface area (TPSA) is 86.4 Å². The Balaban J connectivity index is 1.80. The zero-order valence-corrected chi connectivity index (χ0v) is 19.0. The third-order valence-electron chi connectivity index (χ3n) is 5.90. The minimum Gasteiger partial charge on any atom is -0.383 e. The number of ether oxygens (including phenoxy) is 1. The van der Waals surface area contributed by atoms with Gasteiger partial charge in [0.15, 0.2) is 0 Å². The SMILES string of the molecule is COCCNC(=O)C[C@@H](c1ccccc1)c1cn(Cc2ccccc2)c2ccc([N+](=O)[O-])cc12. The standard InChI is InChI=1S/C27H27N3O4/c1-34-15-14-28-27(31)17-23(21-10-6-3-7-11-21)25-19-29(18-20-8-4-2-5-9-20)26-13-12-22(30(32)33)16-24(25)26/h2-13,16,19,23H,14-15,17-18H2,1H3,(H,28,31)/t23-/m0/s1. The summed E-state index contributed by atoms with van der Waals surface area (Å²) in [6, 6.07) is 24.8. The summed E-state index contributed by atoms with van der Waals surface area (Å²) in [5.74, 6) is -0.356. The van der Waals surface area contributed by atoms with Gasteiger partial charge < -0.3 is 14.6 Å². The predicted octanol–water partition coefficient (Wildman–Crippen LogP) is 4.88. The Labute approximate surface area is 198 Å². The average Bonchev–Trinajstić information content (AvgIpc) is 3.21. The van der Waals surface area contributed by atoms with E-state index in [-0.39, 0.29) is 28.9 Å². The quantitative estimate of drug-likeness (QED) is 0.209. The van der Waals surface area contributed by atoms with Crippen molar-refractivity contribution in [2.75, 3.05) is 20.3 Å². The number of carbonyl (C=O) groups excluding carboxylic acids is 1. The molecule has 1 heterocycles. The van der Waals surface area contributed by atoms with Gasteiger partial charge in [-0.2, -0.15) is 0 Å². The zero-order chi connectivity index (χ0) is 23.9. The summed E-state index contributed by atoms with van der Waals surface area (Å²) in [4.78, 5) is 24.0. The number of aromatic nitrogens is 1. The normalized spacial score (nSPS) is 11.9. The third-order valence-corrected chi connectivity index (χ3v) is 5.90. The number of amides is 1. The third kappa shape index (κ3) is 5.32. The van der Waals surface area contributed by atoms with Crippen molar-refractivity contribution in [1.29, 1.82) is 0 Å². The Morgan fingerprint density at radius 2 is 1.76 bits per heavy atom. The van der Waals surface area contributed by atoms with E-state index in [0.717, 1.165) is 27.6 Å². The molecule has 0 aliphatic carbocycles. The van der Waals surface area contributed by atoms with Gasteiger partial charge in [-0.05, 0) is 22.8 Å². The molecule has 1 aromatic heterocycles. The molecule has 4 rings (SSSR count). The highest BCUT2D eigenvalue weighted by Crippen LogP contribution is 2.36. The highest BCUT2D eigenvalue weighted by molar-refractivity contribution is 5.88. The van der Waals surface area contributed by atoms with Crippen molar-refractivity contribution in [3.8, 4) is 0 Å². The lowest BCUT2D eigenvalue weighted by Crippen LogP contribution is -2.28. The Morgan fingerprint density at radius 3 is 2.44 bits per heavy atom. The molecule has 174 valence electrons. The van der Waals surface area contributed by atoms with Gasteiger partial charge in [-0.15, -0.1) is 0 Å². The van der Waals surface area contributed by atoms with Gasteiger partial charge in [0.05, 0.1) is 11.5 Å². The number of nitro groups is 1. The number of methoxy groups -OCH3 is 1. The highest BCUT2D eigenvalue weighted by Gasteiger charge is 2.24. The van der Waals surface area contributed by atoms with Gasteiger partial charge in [-0.3, -0.25) is 14.9 Å². The molecule has 0 unspecified atom stereocenters. The first-order chi connectivity index (χ1) is 16.6. The van der Waals surface area contributed by atoms with Gasteiger partial charge in [0.1, 0.15) is 0 Å². The van der Waals surface area contributed by atoms with Crippen molar-refractivity contribution < 1.29 is 14.5 Å². The number of non-ortho nitro benzene ring substituents is 1. The van der Waals surface area contributed by atoms with Crippen LogP contribution in [0.5, 0.6) is 0 Å². The second-order valence-corrected chi connectivity index (χ2v) is 8.17. The van der Waals surface area contributed by atoms with Crippen molar-refractivity contribution in [3.05, 3.63) is 112 Å². The number of fused-ring (bicyclic) bond motifs is 1. The van der Waals surface area contributed by atoms with Crippen molar-refractivity contribution in [2.45, 2.75) is 18.9 Å². The molecule has 0 aliphatic heterocycles. The number of benzene rings is 3. The van der Waals surface area contributed by atoms with Crippen LogP contribution >= 0.6 is 0 Å². The van der Waals surface area contributed by atoms with Crippen LogP contribution in [0.25, 0.3) is 10.9 Å². The van der Waals surface area contributed by atoms with Crippen LogP contribution in [0.15, 0.2) is 85.1 Å². The van der Waals surface area contributed by atoms with E-state index in [0.29, 0.717) is 19.7 Å². The Bertz CT molecular complexity index is 1270. The Hall–Kier alpha value is -3.97. The molecule has 1 amide bonds. The Kier molecular flexibility index (Phi) is 7.34. The lowest BCUT2D eigenvalue weighted by molar-refractivity contribution is -0.384. The molecule has 4 aromatic rings. The minimum atomic E-state index is -0.382. The van der Waals surface area contributed by atoms with E-state index in [4.69, 9.17) is 4.74 Å². The first kappa shape index (κ1) is 23.2. The predicted molar refractivity (Wildman–Crippen MR) is 132 cm³/mol. The maximum atomic E-state index is 12.8. The fourth-order valence-electron chi connectivity index (χ4n) is 4.26. The summed E-state index contributed by atoms with van der Waals surface area (Å²) in [7, 11) is 1.59. The lowest BCUT2D eigenvalue weighted by atomic mass is 9.88. The molecule has 1 atom stereocenters. The molecule has 0 bridgehead atoms. The van der Waals surface area contributed by atoms with E-state index in [1.807, 2.05) is 54.7 Å². The van der Waals surface area contributed by atoms with Crippen LogP contribution in [0.3, 0.4) is 0 Å². The number of carbonyl (C=O) groups is 1. The van der Waals surface area contributed by atoms with Crippen LogP contribution in [0.4, 0.5) is 5.69 Å². The van der Waals surface area contributed by atoms with Gasteiger partial charge in [0.25, 0.3) is 5.69 Å². The fourth-order valence-corrected chi connectivity index (χ4v) is 4.26. The smallest absolute Gasteiger partial charge is 0.270 e. The van der Waals surface area contributed by atoms with E-state index in [1.54, 1.807) is 19.2 Å². The highest BCUT2D eigenvalue weighted by atomic mass is 16.6. The van der Waals surface area contributed by atoms with Crippen LogP contribution in [-0.2, 0) is 16.1 Å². The first-order valence-corrected chi connectivity index (χ1v) is 11.2. The number of nitro benzene ring substituents is 1. The molecular formula is C27H27N3O4. The molecule has 7 heteroatoms. The van der Waals surface area contributed by atoms with E-state index in [2.05, 4.69) is 22.0 Å². The van der Waals surface area contributed by atoms with Gasteiger partial charge >= 0.3 is 0 Å². The molecule has 0 saturated carbocycles. The van der Waals surface area contributed by atoms with Crippen LogP contribution < -0.4 is 5.32 Å². The summed E-state index contributed by atoms with van der Waals surface area (Å²) in [6.45, 7) is 1.49. The second kappa shape index (κ2) is 10.8. The van der Waals surface area contributed by atoms with Gasteiger partial charge in [-0.1, -0.05) is 60.7 Å². The lowest BCUT2D eigenvalue weighted by Gasteiger charge is -2.17. The van der Waals surface area contributed by atoms with E-state index in [9.17, 15) is 14.9 Å². The summed E-state index contributed by atoms with van der Waals surface area (Å²) in [5.41, 5.74) is 3.92. The fraction of sp³-hybridized carbons (Fsp3) is 0.222. The van der Waals surface area contributed by atoms with Crippen molar-refractivity contribution >= 4 is 22.5 Å². The maximum absolute atomic E-state index is 12.8. The van der Waals surface area contributed by atoms with Crippen LogP contribution in [0.1, 0.15) is 29.0 Å². The molecule has 0 fully saturated rings. The molecular weight excluding hydrogens is 430 g/mol. The van der Waals surface area contributed by atoms with Crippen LogP contribution in [0, 0.1) is 10.1 Å². The number of hydrogen-bond donors (Lipinski definition) is 1. The first-order valence-electron chi connectivity index (χ1n) is 11.2. The van der Waals surface area contributed by atoms with E-state index in [1.165, 1.54) is 6.07 Å². The maximum Gasteiger partial charge on any atom is 0.270 e. The minimum absolute atomic E-state index is 0.0302. The zero-order valence-electron chi connectivity index (χ0n) is 19.0. The largest absolute Gasteiger partial charge is 0.383 e. The van der Waals surface area contributed by atoms with Crippen molar-refractivity contribution in [1.82, 2.24) is 9.88 Å². The van der Waals surface area contributed by atoms with Gasteiger partial charge in [0, 0.05) is 61.8 Å². The second-order valence-electron chi connectivity index (χ2n) is 8.17. The number of rotatable bonds is 10. The molecule has 1 N–H and O–H groups in total. The van der Waals surface area contributed by atoms with E-state index >= 15 is 0 Å². The monoisotopic (exact) mass is 457 g/mol. The summed E-state index contributed by atoms with van der Waals surface area (Å²) in [5, 5.41) is 15.2. The summed E-state index contributed by atoms with van der Waals surface area (Å²) in [6.07, 6.45) is 2.25. The van der Waals surface area contributed by atoms with Crippen molar-refractivity contribution in [3.63, 3.8) is 0 Å². The molecule has 0 aliphatic rings. The summed E-state index contributed by atoms with van der Waals surface area (Å²) >= 11 is 0. The molecule has 0 spiro atoms. The molecule has 34 heavy (non-hydrogen) atoms. The molecule has 0 saturated heterocycles. The molecule has 0 radical (unpaired) electrons. The molecule has 3 aromatic carbocycles. The number of hydrogen-bond acceptors (Lipinski definition) is 4. The van der Waals surface area contributed by atoms with Gasteiger partial charge in [0.2, 0.25) is 5.91 Å². The van der Waals surface area contributed by atoms with Crippen LogP contribution in [0.2, 0.25) is 0 Å². The summed E-state index contributed by atoms with van der Waals surface area (Å²) < 4.78 is 7.14. The Morgan fingerprint density at radius 1 is 1.06 bits per heavy atom. The van der Waals surface area contributed by atoms with Gasteiger partial charge in [-0.25, -0.2) is 0 Å².